The van der Waals surface area contributed by atoms with Crippen LogP contribution in [0.5, 0.6) is 11.5 Å². The molecule has 6 nitrogen and oxygen atoms in total. The van der Waals surface area contributed by atoms with E-state index in [9.17, 15) is 9.59 Å². The Kier molecular flexibility index (Phi) is 7.29. The fraction of sp³-hybridized carbons (Fsp3) is 0.333. The second-order valence-corrected chi connectivity index (χ2v) is 6.94. The number of esters is 1. The molecule has 1 atom stereocenters. The van der Waals surface area contributed by atoms with Gasteiger partial charge in [0.15, 0.2) is 11.5 Å². The van der Waals surface area contributed by atoms with Crippen LogP contribution in [0.15, 0.2) is 36.4 Å². The molecule has 28 heavy (non-hydrogen) atoms. The molecule has 2 aromatic rings. The number of hydrogen-bond acceptors (Lipinski definition) is 5. The molecule has 2 aromatic carbocycles. The van der Waals surface area contributed by atoms with Crippen LogP contribution in [-0.2, 0) is 9.53 Å². The molecule has 0 saturated carbocycles. The molecule has 0 saturated heterocycles. The zero-order valence-corrected chi connectivity index (χ0v) is 17.3. The zero-order valence-electron chi connectivity index (χ0n) is 16.5. The van der Waals surface area contributed by atoms with E-state index in [1.165, 1.54) is 27.4 Å². The standard InChI is InChI=1S/C21H24ClNO5/c1-12(2)19(13-6-8-14(22)9-7-13)20(24)23-16-11-18(27-4)17(26-3)10-15(16)21(25)28-5/h6-12,19H,1-5H3,(H,23,24)/t19-/m1/s1. The molecule has 0 spiro atoms. The number of anilines is 1. The smallest absolute Gasteiger partial charge is 0.340 e. The van der Waals surface area contributed by atoms with Crippen molar-refractivity contribution in [3.8, 4) is 11.5 Å². The summed E-state index contributed by atoms with van der Waals surface area (Å²) in [5.41, 5.74) is 1.29. The van der Waals surface area contributed by atoms with E-state index >= 15 is 0 Å². The van der Waals surface area contributed by atoms with E-state index in [0.717, 1.165) is 5.56 Å². The number of rotatable bonds is 7. The topological polar surface area (TPSA) is 73.9 Å². The number of ether oxygens (including phenoxy) is 3. The third-order valence-electron chi connectivity index (χ3n) is 4.37. The van der Waals surface area contributed by atoms with Crippen LogP contribution in [0.2, 0.25) is 5.02 Å². The second-order valence-electron chi connectivity index (χ2n) is 6.51. The Morgan fingerprint density at radius 2 is 1.54 bits per heavy atom. The number of halogens is 1. The van der Waals surface area contributed by atoms with Crippen LogP contribution in [0.3, 0.4) is 0 Å². The summed E-state index contributed by atoms with van der Waals surface area (Å²) in [4.78, 5) is 25.3. The number of amides is 1. The van der Waals surface area contributed by atoms with Gasteiger partial charge in [0, 0.05) is 17.2 Å². The van der Waals surface area contributed by atoms with Gasteiger partial charge in [0.05, 0.1) is 38.5 Å². The van der Waals surface area contributed by atoms with E-state index in [0.29, 0.717) is 16.5 Å². The predicted octanol–water partition coefficient (Wildman–Crippen LogP) is 4.52. The Balaban J connectivity index is 2.44. The van der Waals surface area contributed by atoms with Crippen molar-refractivity contribution in [3.63, 3.8) is 0 Å². The lowest BCUT2D eigenvalue weighted by molar-refractivity contribution is -0.118. The number of nitrogens with one attached hydrogen (secondary N) is 1. The summed E-state index contributed by atoms with van der Waals surface area (Å²) in [6.07, 6.45) is 0. The van der Waals surface area contributed by atoms with Crippen molar-refractivity contribution in [2.75, 3.05) is 26.6 Å². The molecule has 2 rings (SSSR count). The maximum absolute atomic E-state index is 13.1. The first-order valence-electron chi connectivity index (χ1n) is 8.73. The summed E-state index contributed by atoms with van der Waals surface area (Å²) in [6.45, 7) is 3.91. The van der Waals surface area contributed by atoms with Gasteiger partial charge in [-0.15, -0.1) is 0 Å². The monoisotopic (exact) mass is 405 g/mol. The van der Waals surface area contributed by atoms with Crippen molar-refractivity contribution in [3.05, 3.63) is 52.5 Å². The maximum atomic E-state index is 13.1. The fourth-order valence-electron chi connectivity index (χ4n) is 2.98. The SMILES string of the molecule is COC(=O)c1cc(OC)c(OC)cc1NC(=O)[C@@H](c1ccc(Cl)cc1)C(C)C. The maximum Gasteiger partial charge on any atom is 0.340 e. The van der Waals surface area contributed by atoms with Gasteiger partial charge in [-0.05, 0) is 23.6 Å². The lowest BCUT2D eigenvalue weighted by Crippen LogP contribution is -2.26. The van der Waals surface area contributed by atoms with Gasteiger partial charge in [0.25, 0.3) is 0 Å². The molecule has 0 bridgehead atoms. The average molecular weight is 406 g/mol. The third-order valence-corrected chi connectivity index (χ3v) is 4.62. The summed E-state index contributed by atoms with van der Waals surface area (Å²) in [5.74, 6) is -0.519. The first kappa shape index (κ1) is 21.6. The van der Waals surface area contributed by atoms with Crippen LogP contribution >= 0.6 is 11.6 Å². The highest BCUT2D eigenvalue weighted by molar-refractivity contribution is 6.30. The van der Waals surface area contributed by atoms with Crippen molar-refractivity contribution < 1.29 is 23.8 Å². The Bertz CT molecular complexity index is 849. The van der Waals surface area contributed by atoms with Crippen molar-refractivity contribution in [1.82, 2.24) is 0 Å². The third kappa shape index (κ3) is 4.75. The normalized spacial score (nSPS) is 11.7. The van der Waals surface area contributed by atoms with Crippen LogP contribution in [0.4, 0.5) is 5.69 Å². The van der Waals surface area contributed by atoms with Crippen LogP contribution in [-0.4, -0.2) is 33.2 Å². The Hall–Kier alpha value is -2.73. The molecule has 150 valence electrons. The van der Waals surface area contributed by atoms with Crippen molar-refractivity contribution in [2.24, 2.45) is 5.92 Å². The Morgan fingerprint density at radius 3 is 2.04 bits per heavy atom. The molecule has 1 N–H and O–H groups in total. The minimum absolute atomic E-state index is 0.0166. The van der Waals surface area contributed by atoms with Gasteiger partial charge >= 0.3 is 5.97 Å². The van der Waals surface area contributed by atoms with E-state index in [1.807, 2.05) is 26.0 Å². The minimum atomic E-state index is -0.594. The van der Waals surface area contributed by atoms with Gasteiger partial charge in [-0.3, -0.25) is 4.79 Å². The summed E-state index contributed by atoms with van der Waals surface area (Å²) in [6, 6.07) is 10.2. The quantitative estimate of drug-likeness (QED) is 0.685. The largest absolute Gasteiger partial charge is 0.493 e. The first-order valence-corrected chi connectivity index (χ1v) is 9.10. The Morgan fingerprint density at radius 1 is 0.964 bits per heavy atom. The van der Waals surface area contributed by atoms with Crippen molar-refractivity contribution in [1.29, 1.82) is 0 Å². The molecular formula is C21H24ClNO5. The highest BCUT2D eigenvalue weighted by Gasteiger charge is 2.26. The number of carbonyl (C=O) groups excluding carboxylic acids is 2. The minimum Gasteiger partial charge on any atom is -0.493 e. The highest BCUT2D eigenvalue weighted by Crippen LogP contribution is 2.35. The van der Waals surface area contributed by atoms with Gasteiger partial charge < -0.3 is 19.5 Å². The molecule has 0 unspecified atom stereocenters. The van der Waals surface area contributed by atoms with Crippen molar-refractivity contribution in [2.45, 2.75) is 19.8 Å². The van der Waals surface area contributed by atoms with Crippen molar-refractivity contribution >= 4 is 29.2 Å². The summed E-state index contributed by atoms with van der Waals surface area (Å²) in [5, 5.41) is 3.43. The Labute approximate surface area is 169 Å². The predicted molar refractivity (Wildman–Crippen MR) is 109 cm³/mol. The summed E-state index contributed by atoms with van der Waals surface area (Å²) < 4.78 is 15.4. The molecule has 0 aromatic heterocycles. The van der Waals surface area contributed by atoms with E-state index in [2.05, 4.69) is 5.32 Å². The van der Waals surface area contributed by atoms with E-state index in [4.69, 9.17) is 25.8 Å². The van der Waals surface area contributed by atoms with Crippen LogP contribution in [0, 0.1) is 5.92 Å². The number of carbonyl (C=O) groups is 2. The summed E-state index contributed by atoms with van der Waals surface area (Å²) in [7, 11) is 4.22. The van der Waals surface area contributed by atoms with Crippen LogP contribution in [0.1, 0.15) is 35.7 Å². The van der Waals surface area contributed by atoms with Crippen LogP contribution < -0.4 is 14.8 Å². The number of methoxy groups -OCH3 is 3. The van der Waals surface area contributed by atoms with E-state index < -0.39 is 11.9 Å². The number of benzene rings is 2. The molecule has 7 heteroatoms. The fourth-order valence-corrected chi connectivity index (χ4v) is 3.11. The molecular weight excluding hydrogens is 382 g/mol. The molecule has 0 aliphatic heterocycles. The lowest BCUT2D eigenvalue weighted by atomic mass is 9.87. The highest BCUT2D eigenvalue weighted by atomic mass is 35.5. The van der Waals surface area contributed by atoms with Gasteiger partial charge in [-0.1, -0.05) is 37.6 Å². The van der Waals surface area contributed by atoms with Gasteiger partial charge in [0.2, 0.25) is 5.91 Å². The van der Waals surface area contributed by atoms with Gasteiger partial charge in [0.1, 0.15) is 0 Å². The number of hydrogen-bond donors (Lipinski definition) is 1. The first-order chi connectivity index (χ1) is 13.3. The van der Waals surface area contributed by atoms with E-state index in [-0.39, 0.29) is 23.1 Å². The summed E-state index contributed by atoms with van der Waals surface area (Å²) >= 11 is 5.96. The van der Waals surface area contributed by atoms with Gasteiger partial charge in [-0.25, -0.2) is 4.79 Å². The second kappa shape index (κ2) is 9.46. The van der Waals surface area contributed by atoms with E-state index in [1.54, 1.807) is 18.2 Å². The molecule has 0 heterocycles. The molecule has 1 amide bonds. The van der Waals surface area contributed by atoms with Gasteiger partial charge in [-0.2, -0.15) is 0 Å². The lowest BCUT2D eigenvalue weighted by Gasteiger charge is -2.22. The zero-order chi connectivity index (χ0) is 20.8. The van der Waals surface area contributed by atoms with Crippen LogP contribution in [0.25, 0.3) is 0 Å². The molecule has 0 fully saturated rings. The molecule has 0 aliphatic rings. The molecule has 0 aliphatic carbocycles. The average Bonchev–Trinajstić information content (AvgIpc) is 2.68. The molecule has 0 radical (unpaired) electrons.